The predicted molar refractivity (Wildman–Crippen MR) is 79.0 cm³/mol. The number of rotatable bonds is 6. The largest absolute Gasteiger partial charge is 0.497 e. The van der Waals surface area contributed by atoms with Crippen molar-refractivity contribution in [1.29, 1.82) is 0 Å². The van der Waals surface area contributed by atoms with Crippen LogP contribution in [0.1, 0.15) is 30.1 Å². The van der Waals surface area contributed by atoms with Crippen molar-refractivity contribution >= 4 is 11.6 Å². The van der Waals surface area contributed by atoms with Gasteiger partial charge in [-0.25, -0.2) is 0 Å². The third-order valence-electron chi connectivity index (χ3n) is 2.90. The standard InChI is InChI=1S/C15H20N2O3/c1-5-7-10(6-2)17-15(18)12-8-11(19-3)9-13(20-4)14(12)16/h2,8-10H,5,7,16H2,1,3-4H3,(H,17,18). The van der Waals surface area contributed by atoms with Crippen molar-refractivity contribution in [3.63, 3.8) is 0 Å². The quantitative estimate of drug-likeness (QED) is 0.614. The van der Waals surface area contributed by atoms with E-state index in [1.807, 2.05) is 6.92 Å². The molecule has 0 bridgehead atoms. The molecule has 0 heterocycles. The van der Waals surface area contributed by atoms with E-state index in [4.69, 9.17) is 21.6 Å². The van der Waals surface area contributed by atoms with E-state index in [0.717, 1.165) is 6.42 Å². The lowest BCUT2D eigenvalue weighted by Crippen LogP contribution is -2.34. The first kappa shape index (κ1) is 15.7. The fraction of sp³-hybridized carbons (Fsp3) is 0.400. The molecule has 1 aromatic carbocycles. The number of anilines is 1. The second kappa shape index (κ2) is 7.29. The molecule has 0 aliphatic carbocycles. The molecule has 0 saturated carbocycles. The minimum atomic E-state index is -0.337. The molecular weight excluding hydrogens is 256 g/mol. The molecule has 0 saturated heterocycles. The second-order valence-electron chi connectivity index (χ2n) is 4.27. The summed E-state index contributed by atoms with van der Waals surface area (Å²) in [5.74, 6) is 3.09. The lowest BCUT2D eigenvalue weighted by Gasteiger charge is -2.15. The van der Waals surface area contributed by atoms with Crippen molar-refractivity contribution < 1.29 is 14.3 Å². The molecular formula is C15H20N2O3. The predicted octanol–water partition coefficient (Wildman–Crippen LogP) is 1.82. The van der Waals surface area contributed by atoms with Gasteiger partial charge in [-0.05, 0) is 12.5 Å². The van der Waals surface area contributed by atoms with Gasteiger partial charge in [-0.1, -0.05) is 19.3 Å². The molecule has 1 unspecified atom stereocenters. The Labute approximate surface area is 119 Å². The van der Waals surface area contributed by atoms with Gasteiger partial charge in [0.25, 0.3) is 5.91 Å². The zero-order valence-electron chi connectivity index (χ0n) is 12.0. The molecule has 108 valence electrons. The van der Waals surface area contributed by atoms with E-state index in [9.17, 15) is 4.79 Å². The van der Waals surface area contributed by atoms with Crippen LogP contribution in [-0.4, -0.2) is 26.2 Å². The first-order valence-electron chi connectivity index (χ1n) is 6.35. The van der Waals surface area contributed by atoms with Gasteiger partial charge in [0.1, 0.15) is 11.5 Å². The highest BCUT2D eigenvalue weighted by atomic mass is 16.5. The Morgan fingerprint density at radius 3 is 2.65 bits per heavy atom. The normalized spacial score (nSPS) is 11.3. The number of hydrogen-bond donors (Lipinski definition) is 2. The number of terminal acetylenes is 1. The van der Waals surface area contributed by atoms with Crippen LogP contribution < -0.4 is 20.5 Å². The molecule has 1 amide bonds. The summed E-state index contributed by atoms with van der Waals surface area (Å²) in [6.45, 7) is 2.00. The van der Waals surface area contributed by atoms with Crippen molar-refractivity contribution in [2.45, 2.75) is 25.8 Å². The Bertz CT molecular complexity index is 521. The molecule has 0 fully saturated rings. The summed E-state index contributed by atoms with van der Waals surface area (Å²) in [4.78, 5) is 12.2. The smallest absolute Gasteiger partial charge is 0.254 e. The molecule has 5 heteroatoms. The molecule has 0 aromatic heterocycles. The SMILES string of the molecule is C#CC(CCC)NC(=O)c1cc(OC)cc(OC)c1N. The molecule has 5 nitrogen and oxygen atoms in total. The van der Waals surface area contributed by atoms with Crippen molar-refractivity contribution in [1.82, 2.24) is 5.32 Å². The molecule has 1 aromatic rings. The number of nitrogens with one attached hydrogen (secondary N) is 1. The van der Waals surface area contributed by atoms with E-state index in [-0.39, 0.29) is 23.2 Å². The molecule has 0 spiro atoms. The Balaban J connectivity index is 3.06. The summed E-state index contributed by atoms with van der Waals surface area (Å²) >= 11 is 0. The highest BCUT2D eigenvalue weighted by molar-refractivity contribution is 6.01. The highest BCUT2D eigenvalue weighted by Gasteiger charge is 2.18. The number of methoxy groups -OCH3 is 2. The van der Waals surface area contributed by atoms with Gasteiger partial charge in [0, 0.05) is 6.07 Å². The van der Waals surface area contributed by atoms with Gasteiger partial charge in [-0.3, -0.25) is 4.79 Å². The van der Waals surface area contributed by atoms with Crippen LogP contribution in [0, 0.1) is 12.3 Å². The third kappa shape index (κ3) is 3.58. The molecule has 0 aliphatic rings. The fourth-order valence-corrected chi connectivity index (χ4v) is 1.80. The van der Waals surface area contributed by atoms with Gasteiger partial charge in [0.05, 0.1) is 31.5 Å². The average molecular weight is 276 g/mol. The van der Waals surface area contributed by atoms with E-state index in [1.165, 1.54) is 14.2 Å². The van der Waals surface area contributed by atoms with Crippen LogP contribution in [0.15, 0.2) is 12.1 Å². The monoisotopic (exact) mass is 276 g/mol. The minimum absolute atomic E-state index is 0.262. The molecule has 0 radical (unpaired) electrons. The minimum Gasteiger partial charge on any atom is -0.497 e. The van der Waals surface area contributed by atoms with E-state index < -0.39 is 0 Å². The number of carbonyl (C=O) groups is 1. The second-order valence-corrected chi connectivity index (χ2v) is 4.27. The summed E-state index contributed by atoms with van der Waals surface area (Å²) in [6.07, 6.45) is 6.98. The van der Waals surface area contributed by atoms with Crippen LogP contribution in [-0.2, 0) is 0 Å². The average Bonchev–Trinajstić information content (AvgIpc) is 2.46. The highest BCUT2D eigenvalue weighted by Crippen LogP contribution is 2.31. The summed E-state index contributed by atoms with van der Waals surface area (Å²) in [5.41, 5.74) is 6.47. The summed E-state index contributed by atoms with van der Waals surface area (Å²) < 4.78 is 10.3. The maximum Gasteiger partial charge on any atom is 0.254 e. The van der Waals surface area contributed by atoms with E-state index in [0.29, 0.717) is 17.9 Å². The first-order valence-corrected chi connectivity index (χ1v) is 6.35. The molecule has 20 heavy (non-hydrogen) atoms. The maximum atomic E-state index is 12.2. The topological polar surface area (TPSA) is 73.6 Å². The van der Waals surface area contributed by atoms with E-state index >= 15 is 0 Å². The molecule has 1 atom stereocenters. The maximum absolute atomic E-state index is 12.2. The van der Waals surface area contributed by atoms with Crippen LogP contribution in [0.3, 0.4) is 0 Å². The Kier molecular flexibility index (Phi) is 5.73. The number of nitrogens with two attached hydrogens (primary N) is 1. The van der Waals surface area contributed by atoms with E-state index in [1.54, 1.807) is 12.1 Å². The third-order valence-corrected chi connectivity index (χ3v) is 2.90. The number of nitrogen functional groups attached to an aromatic ring is 1. The zero-order chi connectivity index (χ0) is 15.1. The number of ether oxygens (including phenoxy) is 2. The Hall–Kier alpha value is -2.35. The van der Waals surface area contributed by atoms with Crippen LogP contribution in [0.4, 0.5) is 5.69 Å². The Morgan fingerprint density at radius 2 is 2.15 bits per heavy atom. The number of amides is 1. The van der Waals surface area contributed by atoms with Crippen LogP contribution in [0.2, 0.25) is 0 Å². The summed E-state index contributed by atoms with van der Waals surface area (Å²) in [5, 5.41) is 2.76. The van der Waals surface area contributed by atoms with Crippen LogP contribution in [0.5, 0.6) is 11.5 Å². The zero-order valence-corrected chi connectivity index (χ0v) is 12.0. The molecule has 0 aliphatic heterocycles. The lowest BCUT2D eigenvalue weighted by molar-refractivity contribution is 0.0944. The first-order chi connectivity index (χ1) is 9.57. The van der Waals surface area contributed by atoms with Gasteiger partial charge < -0.3 is 20.5 Å². The van der Waals surface area contributed by atoms with Crippen LogP contribution in [0.25, 0.3) is 0 Å². The summed E-state index contributed by atoms with van der Waals surface area (Å²) in [7, 11) is 2.99. The van der Waals surface area contributed by atoms with Gasteiger partial charge in [-0.15, -0.1) is 6.42 Å². The van der Waals surface area contributed by atoms with Gasteiger partial charge in [0.15, 0.2) is 0 Å². The van der Waals surface area contributed by atoms with Crippen molar-refractivity contribution in [3.8, 4) is 23.8 Å². The van der Waals surface area contributed by atoms with Crippen molar-refractivity contribution in [3.05, 3.63) is 17.7 Å². The number of benzene rings is 1. The summed E-state index contributed by atoms with van der Waals surface area (Å²) in [6, 6.07) is 2.87. The van der Waals surface area contributed by atoms with Gasteiger partial charge >= 0.3 is 0 Å². The molecule has 3 N–H and O–H groups in total. The Morgan fingerprint density at radius 1 is 1.45 bits per heavy atom. The van der Waals surface area contributed by atoms with Gasteiger partial charge in [-0.2, -0.15) is 0 Å². The molecule has 1 rings (SSSR count). The van der Waals surface area contributed by atoms with E-state index in [2.05, 4.69) is 11.2 Å². The van der Waals surface area contributed by atoms with Crippen molar-refractivity contribution in [2.75, 3.05) is 20.0 Å². The van der Waals surface area contributed by atoms with Gasteiger partial charge in [0.2, 0.25) is 0 Å². The number of hydrogen-bond acceptors (Lipinski definition) is 4. The fourth-order valence-electron chi connectivity index (χ4n) is 1.80. The number of carbonyl (C=O) groups excluding carboxylic acids is 1. The van der Waals surface area contributed by atoms with Crippen LogP contribution >= 0.6 is 0 Å². The van der Waals surface area contributed by atoms with Crippen molar-refractivity contribution in [2.24, 2.45) is 0 Å². The lowest BCUT2D eigenvalue weighted by atomic mass is 10.1.